The molecule has 7 nitrogen and oxygen atoms in total. The number of hydrogen-bond acceptors (Lipinski definition) is 6. The van der Waals surface area contributed by atoms with Gasteiger partial charge in [0.1, 0.15) is 35.7 Å². The molecule has 1 N–H and O–H groups in total. The standard InChI is InChI=1S/C26H20Cl2F4N4O3/c1-12-4-5-36(34-12)9-19(37)23-15-6-13(2-3-17(15)25(38-23)10-33-11-25)22-20(26(30,31)32)24(39-35-22)16-7-14(27)8-18(28)21(16)29/h2-8,20,23-24,33H,9-11H2,1H3. The van der Waals surface area contributed by atoms with Crippen LogP contribution in [0.2, 0.25) is 10.0 Å². The highest BCUT2D eigenvalue weighted by atomic mass is 35.5. The van der Waals surface area contributed by atoms with Gasteiger partial charge in [-0.2, -0.15) is 18.3 Å². The van der Waals surface area contributed by atoms with Gasteiger partial charge in [-0.25, -0.2) is 4.39 Å². The first-order chi connectivity index (χ1) is 18.5. The van der Waals surface area contributed by atoms with Crippen LogP contribution in [0.4, 0.5) is 17.6 Å². The van der Waals surface area contributed by atoms with Gasteiger partial charge in [0.25, 0.3) is 0 Å². The van der Waals surface area contributed by atoms with Gasteiger partial charge >= 0.3 is 6.18 Å². The predicted molar refractivity (Wildman–Crippen MR) is 133 cm³/mol. The van der Waals surface area contributed by atoms with Crippen molar-refractivity contribution in [3.05, 3.63) is 86.4 Å². The van der Waals surface area contributed by atoms with E-state index in [9.17, 15) is 22.4 Å². The van der Waals surface area contributed by atoms with E-state index in [0.29, 0.717) is 24.2 Å². The van der Waals surface area contributed by atoms with E-state index < -0.39 is 52.0 Å². The molecular weight excluding hydrogens is 563 g/mol. The summed E-state index contributed by atoms with van der Waals surface area (Å²) < 4.78 is 65.8. The Morgan fingerprint density at radius 2 is 1.95 bits per heavy atom. The minimum atomic E-state index is -4.86. The van der Waals surface area contributed by atoms with Crippen molar-refractivity contribution in [3.63, 3.8) is 0 Å². The molecule has 13 heteroatoms. The average molecular weight is 583 g/mol. The summed E-state index contributed by atoms with van der Waals surface area (Å²) in [5, 5.41) is 10.6. The number of rotatable bonds is 5. The van der Waals surface area contributed by atoms with E-state index in [0.717, 1.165) is 17.8 Å². The van der Waals surface area contributed by atoms with Crippen LogP contribution in [-0.4, -0.2) is 40.5 Å². The number of benzene rings is 2. The lowest BCUT2D eigenvalue weighted by Crippen LogP contribution is -2.57. The van der Waals surface area contributed by atoms with Gasteiger partial charge in [0, 0.05) is 35.4 Å². The third-order valence-electron chi connectivity index (χ3n) is 7.21. The summed E-state index contributed by atoms with van der Waals surface area (Å²) in [6.07, 6.45) is -6.05. The van der Waals surface area contributed by atoms with Gasteiger partial charge in [0.05, 0.1) is 10.7 Å². The van der Waals surface area contributed by atoms with E-state index in [1.54, 1.807) is 25.3 Å². The lowest BCUT2D eigenvalue weighted by molar-refractivity contribution is -0.178. The number of carbonyl (C=O) groups excluding carboxylic acids is 1. The van der Waals surface area contributed by atoms with Crippen molar-refractivity contribution in [2.45, 2.75) is 37.5 Å². The summed E-state index contributed by atoms with van der Waals surface area (Å²) in [5.74, 6) is -3.69. The Morgan fingerprint density at radius 3 is 2.59 bits per heavy atom. The molecule has 1 fully saturated rings. The fraction of sp³-hybridized carbons (Fsp3) is 0.346. The highest BCUT2D eigenvalue weighted by Gasteiger charge is 2.56. The number of alkyl halides is 3. The fourth-order valence-electron chi connectivity index (χ4n) is 5.32. The van der Waals surface area contributed by atoms with Gasteiger partial charge in [-0.05, 0) is 42.3 Å². The first-order valence-corrected chi connectivity index (χ1v) is 12.7. The number of oxime groups is 1. The van der Waals surface area contributed by atoms with Crippen LogP contribution >= 0.6 is 23.2 Å². The summed E-state index contributed by atoms with van der Waals surface area (Å²) in [5.41, 5.74) is 0.316. The van der Waals surface area contributed by atoms with Crippen molar-refractivity contribution in [1.82, 2.24) is 15.1 Å². The number of carbonyl (C=O) groups is 1. The van der Waals surface area contributed by atoms with Crippen molar-refractivity contribution < 1.29 is 31.9 Å². The zero-order valence-corrected chi connectivity index (χ0v) is 21.7. The number of aryl methyl sites for hydroxylation is 1. The molecule has 0 bridgehead atoms. The van der Waals surface area contributed by atoms with Gasteiger partial charge in [0.2, 0.25) is 0 Å². The second-order valence-corrected chi connectivity index (χ2v) is 10.7. The smallest absolute Gasteiger partial charge is 0.386 e. The molecule has 3 aliphatic heterocycles. The second kappa shape index (κ2) is 9.29. The van der Waals surface area contributed by atoms with Crippen LogP contribution < -0.4 is 5.32 Å². The number of halogens is 6. The third-order valence-corrected chi connectivity index (χ3v) is 7.70. The Balaban J connectivity index is 1.38. The van der Waals surface area contributed by atoms with Crippen molar-refractivity contribution in [1.29, 1.82) is 0 Å². The molecule has 2 aromatic carbocycles. The summed E-state index contributed by atoms with van der Waals surface area (Å²) in [6.45, 7) is 2.63. The predicted octanol–water partition coefficient (Wildman–Crippen LogP) is 5.43. The zero-order chi connectivity index (χ0) is 27.7. The molecule has 3 aliphatic rings. The van der Waals surface area contributed by atoms with Gasteiger partial charge in [-0.1, -0.05) is 40.5 Å². The Bertz CT molecular complexity index is 1520. The molecule has 0 radical (unpaired) electrons. The molecular formula is C26H20Cl2F4N4O3. The van der Waals surface area contributed by atoms with Gasteiger partial charge in [-0.15, -0.1) is 0 Å². The molecule has 1 spiro atoms. The number of nitrogens with zero attached hydrogens (tertiary/aromatic N) is 3. The van der Waals surface area contributed by atoms with Crippen molar-refractivity contribution in [2.24, 2.45) is 11.1 Å². The minimum Gasteiger partial charge on any atom is -0.386 e. The maximum absolute atomic E-state index is 14.8. The van der Waals surface area contributed by atoms with Gasteiger partial charge < -0.3 is 14.9 Å². The van der Waals surface area contributed by atoms with E-state index in [1.165, 1.54) is 16.8 Å². The maximum Gasteiger partial charge on any atom is 0.401 e. The lowest BCUT2D eigenvalue weighted by Gasteiger charge is -2.39. The molecule has 4 heterocycles. The van der Waals surface area contributed by atoms with E-state index in [-0.39, 0.29) is 22.9 Å². The molecule has 1 saturated heterocycles. The Kier molecular flexibility index (Phi) is 6.25. The Labute approximate surface area is 229 Å². The highest BCUT2D eigenvalue weighted by molar-refractivity contribution is 6.34. The number of Topliss-reactive ketones (excluding diaryl/α,β-unsaturated/α-hetero) is 1. The number of ether oxygens (including phenoxy) is 1. The second-order valence-electron chi connectivity index (χ2n) is 9.83. The van der Waals surface area contributed by atoms with Crippen LogP contribution in [0.3, 0.4) is 0 Å². The highest BCUT2D eigenvalue weighted by Crippen LogP contribution is 2.49. The largest absolute Gasteiger partial charge is 0.401 e. The number of nitrogens with one attached hydrogen (secondary N) is 1. The quantitative estimate of drug-likeness (QED) is 0.320. The Morgan fingerprint density at radius 1 is 1.18 bits per heavy atom. The van der Waals surface area contributed by atoms with Gasteiger partial charge in [0.15, 0.2) is 11.9 Å². The maximum atomic E-state index is 14.8. The molecule has 39 heavy (non-hydrogen) atoms. The lowest BCUT2D eigenvalue weighted by atomic mass is 9.83. The monoisotopic (exact) mass is 582 g/mol. The molecule has 1 aromatic heterocycles. The first-order valence-electron chi connectivity index (χ1n) is 12.0. The van der Waals surface area contributed by atoms with Crippen molar-refractivity contribution in [3.8, 4) is 0 Å². The minimum absolute atomic E-state index is 0.0443. The molecule has 3 aromatic rings. The Hall–Kier alpha value is -2.99. The number of fused-ring (bicyclic) bond motifs is 2. The average Bonchev–Trinajstić information content (AvgIpc) is 3.55. The molecule has 0 aliphatic carbocycles. The van der Waals surface area contributed by atoms with Crippen LogP contribution in [0.25, 0.3) is 0 Å². The summed E-state index contributed by atoms with van der Waals surface area (Å²) in [6, 6.07) is 8.50. The first kappa shape index (κ1) is 26.2. The fourth-order valence-corrected chi connectivity index (χ4v) is 5.83. The third kappa shape index (κ3) is 4.41. The van der Waals surface area contributed by atoms with Crippen LogP contribution in [0.15, 0.2) is 47.8 Å². The van der Waals surface area contributed by atoms with Crippen LogP contribution in [0, 0.1) is 18.7 Å². The van der Waals surface area contributed by atoms with Crippen LogP contribution in [-0.2, 0) is 26.5 Å². The molecule has 3 unspecified atom stereocenters. The van der Waals surface area contributed by atoms with Gasteiger partial charge in [-0.3, -0.25) is 9.48 Å². The summed E-state index contributed by atoms with van der Waals surface area (Å²) >= 11 is 11.8. The topological polar surface area (TPSA) is 77.7 Å². The molecule has 0 amide bonds. The summed E-state index contributed by atoms with van der Waals surface area (Å²) in [4.78, 5) is 18.5. The number of aromatic nitrogens is 2. The number of ketones is 1. The molecule has 204 valence electrons. The van der Waals surface area contributed by atoms with Crippen LogP contribution in [0.1, 0.15) is 40.2 Å². The zero-order valence-electron chi connectivity index (χ0n) is 20.2. The van der Waals surface area contributed by atoms with E-state index in [2.05, 4.69) is 15.6 Å². The summed E-state index contributed by atoms with van der Waals surface area (Å²) in [7, 11) is 0. The molecule has 0 saturated carbocycles. The molecule has 6 rings (SSSR count). The van der Waals surface area contributed by atoms with Crippen molar-refractivity contribution >= 4 is 34.7 Å². The van der Waals surface area contributed by atoms with Crippen molar-refractivity contribution in [2.75, 3.05) is 13.1 Å². The SMILES string of the molecule is Cc1ccn(CC(=O)C2OC3(CNC3)c3ccc(C4=NOC(c5cc(Cl)cc(Cl)c5F)C4C(F)(F)F)cc32)n1. The van der Waals surface area contributed by atoms with E-state index in [4.69, 9.17) is 32.8 Å². The number of hydrogen-bond donors (Lipinski definition) is 1. The molecule has 3 atom stereocenters. The van der Waals surface area contributed by atoms with E-state index >= 15 is 0 Å². The van der Waals surface area contributed by atoms with Crippen LogP contribution in [0.5, 0.6) is 0 Å². The van der Waals surface area contributed by atoms with E-state index in [1.807, 2.05) is 0 Å². The normalized spacial score (nSPS) is 23.4.